The van der Waals surface area contributed by atoms with Crippen LogP contribution in [0.4, 0.5) is 0 Å². The van der Waals surface area contributed by atoms with Crippen LogP contribution in [-0.4, -0.2) is 50.3 Å². The Morgan fingerprint density at radius 2 is 1.61 bits per heavy atom. The van der Waals surface area contributed by atoms with E-state index in [4.69, 9.17) is 11.6 Å². The van der Waals surface area contributed by atoms with Crippen LogP contribution < -0.4 is 0 Å². The Morgan fingerprint density at radius 1 is 1.04 bits per heavy atom. The highest BCUT2D eigenvalue weighted by atomic mass is 35.5. The predicted octanol–water partition coefficient (Wildman–Crippen LogP) is 3.01. The molecule has 0 unspecified atom stereocenters. The van der Waals surface area contributed by atoms with E-state index in [1.165, 1.54) is 7.11 Å². The van der Waals surface area contributed by atoms with Crippen LogP contribution in [-0.2, 0) is 22.0 Å². The zero-order valence-electron chi connectivity index (χ0n) is 15.8. The van der Waals surface area contributed by atoms with E-state index in [1.54, 1.807) is 0 Å². The van der Waals surface area contributed by atoms with Gasteiger partial charge in [0, 0.05) is 31.3 Å². The number of rotatable bonds is 5. The first-order chi connectivity index (χ1) is 13.6. The number of likely N-dealkylation sites (N-methyl/N-ethyl adjacent to an activating group) is 1. The van der Waals surface area contributed by atoms with Crippen LogP contribution in [0.1, 0.15) is 11.4 Å². The number of nitrogens with zero attached hydrogens (tertiary/aromatic N) is 5. The van der Waals surface area contributed by atoms with Crippen molar-refractivity contribution in [2.24, 2.45) is 0 Å². The summed E-state index contributed by atoms with van der Waals surface area (Å²) in [6.45, 7) is 0.890. The average molecular weight is 400 g/mol. The number of pyridine rings is 2. The second-order valence-corrected chi connectivity index (χ2v) is 6.55. The Hall–Kier alpha value is -2.90. The fourth-order valence-electron chi connectivity index (χ4n) is 2.73. The van der Waals surface area contributed by atoms with Crippen LogP contribution in [0.25, 0.3) is 11.3 Å². The molecular weight excluding hydrogens is 378 g/mol. The molecule has 0 radical (unpaired) electrons. The highest BCUT2D eigenvalue weighted by Crippen LogP contribution is 2.07. The maximum Gasteiger partial charge on any atom is 0.319 e. The van der Waals surface area contributed by atoms with Gasteiger partial charge in [0.25, 0.3) is 0 Å². The third-order valence-electron chi connectivity index (χ3n) is 4.02. The second-order valence-electron chi connectivity index (χ2n) is 6.28. The number of hydrogen-bond donors (Lipinski definition) is 0. The number of esters is 1. The van der Waals surface area contributed by atoms with Gasteiger partial charge in [-0.2, -0.15) is 0 Å². The number of carbonyl (C=O) groups excluding carboxylic acids is 1. The van der Waals surface area contributed by atoms with Crippen molar-refractivity contribution < 1.29 is 9.53 Å². The lowest BCUT2D eigenvalue weighted by molar-refractivity contribution is -0.141. The molecule has 0 spiro atoms. The summed E-state index contributed by atoms with van der Waals surface area (Å²) >= 11 is 5.62. The fourth-order valence-corrected chi connectivity index (χ4v) is 2.86. The molecular formula is C20H22ClN5O2. The van der Waals surface area contributed by atoms with E-state index < -0.39 is 0 Å². The summed E-state index contributed by atoms with van der Waals surface area (Å²) in [7, 11) is 3.25. The Labute approximate surface area is 168 Å². The number of halogens is 1. The minimum atomic E-state index is -0.240. The number of alkyl halides is 1. The van der Waals surface area contributed by atoms with Gasteiger partial charge in [0.05, 0.1) is 30.9 Å². The Morgan fingerprint density at radius 3 is 2.14 bits per heavy atom. The molecule has 8 heteroatoms. The number of ether oxygens (including phenoxy) is 1. The normalized spacial score (nSPS) is 10.9. The smallest absolute Gasteiger partial charge is 0.319 e. The predicted molar refractivity (Wildman–Crippen MR) is 108 cm³/mol. The van der Waals surface area contributed by atoms with Gasteiger partial charge >= 0.3 is 5.97 Å². The molecule has 0 amide bonds. The first-order valence-corrected chi connectivity index (χ1v) is 9.29. The minimum absolute atomic E-state index is 0.240. The van der Waals surface area contributed by atoms with Gasteiger partial charge in [-0.25, -0.2) is 9.97 Å². The van der Waals surface area contributed by atoms with Crippen LogP contribution in [0.5, 0.6) is 0 Å². The van der Waals surface area contributed by atoms with E-state index >= 15 is 0 Å². The summed E-state index contributed by atoms with van der Waals surface area (Å²) in [6, 6.07) is 11.7. The van der Waals surface area contributed by atoms with Crippen molar-refractivity contribution in [3.8, 4) is 0 Å². The molecule has 0 saturated carbocycles. The third kappa shape index (κ3) is 5.09. The van der Waals surface area contributed by atoms with Crippen molar-refractivity contribution in [2.45, 2.75) is 12.4 Å². The van der Waals surface area contributed by atoms with Gasteiger partial charge in [-0.15, -0.1) is 11.6 Å². The summed E-state index contributed by atoms with van der Waals surface area (Å²) in [5.41, 5.74) is 3.71. The quantitative estimate of drug-likeness (QED) is 0.381. The van der Waals surface area contributed by atoms with Crippen molar-refractivity contribution in [1.29, 1.82) is 0 Å². The van der Waals surface area contributed by atoms with Crippen LogP contribution >= 0.6 is 11.6 Å². The van der Waals surface area contributed by atoms with Gasteiger partial charge < -0.3 is 13.5 Å². The number of hydrogen-bond acceptors (Lipinski definition) is 5. The first kappa shape index (κ1) is 19.9. The molecule has 4 aromatic heterocycles. The third-order valence-corrected chi connectivity index (χ3v) is 4.30. The number of methoxy groups -OCH3 is 1. The molecule has 0 aliphatic carbocycles. The Kier molecular flexibility index (Phi) is 6.62. The van der Waals surface area contributed by atoms with E-state index in [0.717, 1.165) is 22.7 Å². The summed E-state index contributed by atoms with van der Waals surface area (Å²) in [5, 5.41) is 0. The molecule has 0 fully saturated rings. The molecule has 4 rings (SSSR count). The van der Waals surface area contributed by atoms with Gasteiger partial charge in [-0.1, -0.05) is 12.1 Å². The second kappa shape index (κ2) is 9.34. The molecule has 28 heavy (non-hydrogen) atoms. The number of carbonyl (C=O) groups is 1. The van der Waals surface area contributed by atoms with E-state index in [2.05, 4.69) is 14.7 Å². The number of fused-ring (bicyclic) bond motifs is 2. The molecule has 4 heterocycles. The first-order valence-electron chi connectivity index (χ1n) is 8.75. The molecule has 0 bridgehead atoms. The number of imidazole rings is 2. The van der Waals surface area contributed by atoms with Crippen LogP contribution in [0.3, 0.4) is 0 Å². The molecule has 7 nitrogen and oxygen atoms in total. The van der Waals surface area contributed by atoms with Crippen LogP contribution in [0, 0.1) is 0 Å². The highest BCUT2D eigenvalue weighted by Gasteiger charge is 2.09. The van der Waals surface area contributed by atoms with Gasteiger partial charge in [0.2, 0.25) is 0 Å². The standard InChI is InChI=1S/C12H15N3O2.C8H7ClN2/c1-14(9-12(16)17-2)7-10-8-15-6-4-3-5-11(15)13-10;9-5-7-6-11-4-2-1-3-8(11)10-7/h3-6,8H,7,9H2,1-2H3;1-4,6H,5H2. The van der Waals surface area contributed by atoms with Crippen molar-refractivity contribution in [3.63, 3.8) is 0 Å². The zero-order valence-corrected chi connectivity index (χ0v) is 16.6. The molecule has 4 aromatic rings. The molecule has 146 valence electrons. The van der Waals surface area contributed by atoms with Crippen LogP contribution in [0.2, 0.25) is 0 Å². The Bertz CT molecular complexity index is 993. The topological polar surface area (TPSA) is 64.1 Å². The molecule has 0 atom stereocenters. The highest BCUT2D eigenvalue weighted by molar-refractivity contribution is 6.16. The Balaban J connectivity index is 0.000000176. The average Bonchev–Trinajstić information content (AvgIpc) is 3.31. The molecule has 0 saturated heterocycles. The van der Waals surface area contributed by atoms with Gasteiger partial charge in [-0.05, 0) is 31.3 Å². The van der Waals surface area contributed by atoms with E-state index in [9.17, 15) is 4.79 Å². The summed E-state index contributed by atoms with van der Waals surface area (Å²) < 4.78 is 8.53. The monoisotopic (exact) mass is 399 g/mol. The summed E-state index contributed by atoms with van der Waals surface area (Å²) in [4.78, 5) is 21.7. The largest absolute Gasteiger partial charge is 0.468 e. The zero-order chi connectivity index (χ0) is 19.9. The van der Waals surface area contributed by atoms with E-state index in [-0.39, 0.29) is 12.5 Å². The molecule has 0 N–H and O–H groups in total. The van der Waals surface area contributed by atoms with E-state index in [1.807, 2.05) is 81.9 Å². The van der Waals surface area contributed by atoms with Gasteiger partial charge in [-0.3, -0.25) is 9.69 Å². The lowest BCUT2D eigenvalue weighted by atomic mass is 10.4. The van der Waals surface area contributed by atoms with Crippen molar-refractivity contribution >= 4 is 28.9 Å². The molecule has 0 aromatic carbocycles. The molecule has 0 aliphatic heterocycles. The van der Waals surface area contributed by atoms with Crippen molar-refractivity contribution in [2.75, 3.05) is 20.7 Å². The number of aromatic nitrogens is 4. The van der Waals surface area contributed by atoms with Crippen molar-refractivity contribution in [3.05, 3.63) is 72.6 Å². The van der Waals surface area contributed by atoms with Crippen LogP contribution in [0.15, 0.2) is 61.2 Å². The van der Waals surface area contributed by atoms with Crippen molar-refractivity contribution in [1.82, 2.24) is 23.7 Å². The lowest BCUT2D eigenvalue weighted by Crippen LogP contribution is -2.26. The fraction of sp³-hybridized carbons (Fsp3) is 0.250. The summed E-state index contributed by atoms with van der Waals surface area (Å²) in [5.74, 6) is 0.234. The lowest BCUT2D eigenvalue weighted by Gasteiger charge is -2.12. The maximum atomic E-state index is 11.1. The molecule has 0 aliphatic rings. The van der Waals surface area contributed by atoms with Gasteiger partial charge in [0.15, 0.2) is 0 Å². The van der Waals surface area contributed by atoms with Gasteiger partial charge in [0.1, 0.15) is 11.3 Å². The minimum Gasteiger partial charge on any atom is -0.468 e. The maximum absolute atomic E-state index is 11.1. The SMILES string of the molecule is COC(=O)CN(C)Cc1cn2ccccc2n1.ClCc1cn2ccccc2n1. The summed E-state index contributed by atoms with van der Waals surface area (Å²) in [6.07, 6.45) is 7.80. The van der Waals surface area contributed by atoms with E-state index in [0.29, 0.717) is 12.4 Å².